The van der Waals surface area contributed by atoms with Gasteiger partial charge in [0.05, 0.1) is 6.61 Å². The van der Waals surface area contributed by atoms with Crippen molar-refractivity contribution in [2.24, 2.45) is 16.5 Å². The molecule has 12 heteroatoms. The summed E-state index contributed by atoms with van der Waals surface area (Å²) < 4.78 is 6.69. The monoisotopic (exact) mass is 392 g/mol. The third-order valence-electron chi connectivity index (χ3n) is 5.28. The van der Waals surface area contributed by atoms with E-state index in [0.29, 0.717) is 5.69 Å². The van der Waals surface area contributed by atoms with Crippen LogP contribution in [-0.4, -0.2) is 80.7 Å². The van der Waals surface area contributed by atoms with E-state index in [1.165, 1.54) is 4.58 Å². The van der Waals surface area contributed by atoms with Gasteiger partial charge in [-0.1, -0.05) is 18.2 Å². The van der Waals surface area contributed by atoms with Crippen molar-refractivity contribution in [3.63, 3.8) is 0 Å². The molecule has 1 aromatic carbocycles. The molecule has 3 aliphatic rings. The Morgan fingerprint density at radius 2 is 2.07 bits per heavy atom. The summed E-state index contributed by atoms with van der Waals surface area (Å²) in [4.78, 5) is 16.5. The molecular formula is C16H22N7O5+. The van der Waals surface area contributed by atoms with Crippen LogP contribution in [0.2, 0.25) is 0 Å². The number of benzene rings is 1. The molecule has 0 aliphatic carbocycles. The van der Waals surface area contributed by atoms with Crippen molar-refractivity contribution in [3.8, 4) is 0 Å². The lowest BCUT2D eigenvalue weighted by molar-refractivity contribution is -0.623. The fraction of sp³-hybridized carbons (Fsp3) is 0.438. The Morgan fingerprint density at radius 3 is 2.75 bits per heavy atom. The van der Waals surface area contributed by atoms with Crippen LogP contribution >= 0.6 is 0 Å². The van der Waals surface area contributed by atoms with Crippen molar-refractivity contribution in [2.45, 2.75) is 29.6 Å². The number of aliphatic hydroxyl groups is 3. The normalized spacial score (nSPS) is 32.5. The van der Waals surface area contributed by atoms with Crippen molar-refractivity contribution in [3.05, 3.63) is 30.3 Å². The van der Waals surface area contributed by atoms with Gasteiger partial charge in [-0.2, -0.15) is 0 Å². The van der Waals surface area contributed by atoms with Crippen LogP contribution in [0.15, 0.2) is 35.3 Å². The third kappa shape index (κ3) is 2.46. The lowest BCUT2D eigenvalue weighted by Crippen LogP contribution is -2.78. The van der Waals surface area contributed by atoms with Gasteiger partial charge in [0.25, 0.3) is 5.79 Å². The van der Waals surface area contributed by atoms with Crippen LogP contribution in [0.3, 0.4) is 0 Å². The van der Waals surface area contributed by atoms with Gasteiger partial charge in [-0.15, -0.1) is 0 Å². The number of ether oxygens (including phenoxy) is 1. The molecule has 0 bridgehead atoms. The lowest BCUT2D eigenvalue weighted by atomic mass is 9.86. The highest BCUT2D eigenvalue weighted by atomic mass is 16.6. The van der Waals surface area contributed by atoms with Crippen LogP contribution in [-0.2, 0) is 4.74 Å². The number of carbonyl (C=O) groups excluding carboxylic acids is 1. The number of guanidine groups is 2. The van der Waals surface area contributed by atoms with Gasteiger partial charge in [-0.25, -0.2) is 14.4 Å². The Labute approximate surface area is 159 Å². The number of rotatable bonds is 3. The molecule has 0 aromatic heterocycles. The average Bonchev–Trinajstić information content (AvgIpc) is 3.11. The van der Waals surface area contributed by atoms with E-state index in [2.05, 4.69) is 20.9 Å². The number of hydrogen-bond acceptors (Lipinski definition) is 10. The Hall–Kier alpha value is -3.09. The molecule has 10 N–H and O–H groups in total. The number of anilines is 1. The summed E-state index contributed by atoms with van der Waals surface area (Å²) in [6.45, 7) is -0.520. The van der Waals surface area contributed by atoms with E-state index in [0.717, 1.165) is 0 Å². The zero-order chi connectivity index (χ0) is 20.1. The lowest BCUT2D eigenvalue weighted by Gasteiger charge is -2.42. The third-order valence-corrected chi connectivity index (χ3v) is 5.28. The molecule has 28 heavy (non-hydrogen) atoms. The average molecular weight is 392 g/mol. The standard InChI is InChI=1S/C16H21N7O5/c17-12-21-11-9(7-24)20-13(18)23-6-10(16(26,27)15(11,23)22-12)28-14(25)19-8-4-2-1-3-5-8/h1-5,9-11,24,26-27H,6-7H2,(H6,17,18,19,20,21,22,25)/p+1/t9-,10-,11-,15-/m0/s1. The minimum absolute atomic E-state index is 0.0492. The van der Waals surface area contributed by atoms with Gasteiger partial charge < -0.3 is 31.1 Å². The number of amides is 1. The second-order valence-corrected chi connectivity index (χ2v) is 6.89. The molecule has 1 aromatic rings. The van der Waals surface area contributed by atoms with Crippen LogP contribution in [0.5, 0.6) is 0 Å². The van der Waals surface area contributed by atoms with Crippen molar-refractivity contribution in [1.82, 2.24) is 10.6 Å². The number of nitrogens with one attached hydrogen (secondary N) is 3. The first-order chi connectivity index (χ1) is 13.3. The topological polar surface area (TPSA) is 190 Å². The maximum atomic E-state index is 12.3. The summed E-state index contributed by atoms with van der Waals surface area (Å²) in [6.07, 6.45) is -2.25. The van der Waals surface area contributed by atoms with E-state index in [1.54, 1.807) is 30.3 Å². The maximum absolute atomic E-state index is 12.3. The second kappa shape index (κ2) is 6.22. The Bertz CT molecular complexity index is 858. The summed E-state index contributed by atoms with van der Waals surface area (Å²) in [5, 5.41) is 39.8. The highest BCUT2D eigenvalue weighted by Crippen LogP contribution is 2.42. The quantitative estimate of drug-likeness (QED) is 0.191. The molecule has 3 heterocycles. The molecule has 0 radical (unpaired) electrons. The van der Waals surface area contributed by atoms with E-state index >= 15 is 0 Å². The van der Waals surface area contributed by atoms with Gasteiger partial charge in [0.15, 0.2) is 18.1 Å². The molecular weight excluding hydrogens is 370 g/mol. The Balaban J connectivity index is 1.63. The SMILES string of the molecule is NC1=N[C@H]2[C@H](CO)NC(N)=[N+]3C[C@H](OC(=O)Nc4ccccc4)C(O)(O)[C@]23N1. The zero-order valence-electron chi connectivity index (χ0n) is 14.7. The fourth-order valence-electron chi connectivity index (χ4n) is 4.04. The molecule has 0 unspecified atom stereocenters. The zero-order valence-corrected chi connectivity index (χ0v) is 14.7. The van der Waals surface area contributed by atoms with Crippen LogP contribution in [0, 0.1) is 0 Å². The van der Waals surface area contributed by atoms with Crippen molar-refractivity contribution >= 4 is 23.7 Å². The van der Waals surface area contributed by atoms with Crippen molar-refractivity contribution in [1.29, 1.82) is 0 Å². The number of nitrogens with two attached hydrogens (primary N) is 2. The summed E-state index contributed by atoms with van der Waals surface area (Å²) in [7, 11) is 0. The highest BCUT2D eigenvalue weighted by molar-refractivity contribution is 5.85. The molecule has 3 aliphatic heterocycles. The molecule has 150 valence electrons. The largest absolute Gasteiger partial charge is 0.437 e. The van der Waals surface area contributed by atoms with E-state index in [9.17, 15) is 20.1 Å². The predicted molar refractivity (Wildman–Crippen MR) is 97.1 cm³/mol. The minimum atomic E-state index is -2.61. The molecule has 4 rings (SSSR count). The minimum Gasteiger partial charge on any atom is -0.437 e. The Kier molecular flexibility index (Phi) is 4.06. The first-order valence-corrected chi connectivity index (χ1v) is 8.66. The van der Waals surface area contributed by atoms with E-state index in [-0.39, 0.29) is 25.1 Å². The van der Waals surface area contributed by atoms with Crippen LogP contribution in [0.4, 0.5) is 10.5 Å². The van der Waals surface area contributed by atoms with Crippen LogP contribution in [0.1, 0.15) is 0 Å². The van der Waals surface area contributed by atoms with E-state index in [4.69, 9.17) is 16.2 Å². The molecule has 1 saturated heterocycles. The molecule has 1 fully saturated rings. The molecule has 12 nitrogen and oxygen atoms in total. The maximum Gasteiger partial charge on any atom is 0.412 e. The van der Waals surface area contributed by atoms with Gasteiger partial charge in [0, 0.05) is 5.69 Å². The molecule has 1 amide bonds. The first-order valence-electron chi connectivity index (χ1n) is 8.66. The first kappa shape index (κ1) is 18.3. The Morgan fingerprint density at radius 1 is 1.36 bits per heavy atom. The number of para-hydroxylation sites is 1. The smallest absolute Gasteiger partial charge is 0.412 e. The van der Waals surface area contributed by atoms with Gasteiger partial charge in [0.2, 0.25) is 5.66 Å². The number of nitrogens with zero attached hydrogens (tertiary/aromatic N) is 2. The summed E-state index contributed by atoms with van der Waals surface area (Å²) >= 11 is 0. The highest BCUT2D eigenvalue weighted by Gasteiger charge is 2.76. The molecule has 1 spiro atoms. The molecule has 0 saturated carbocycles. The van der Waals surface area contributed by atoms with Crippen LogP contribution < -0.4 is 27.4 Å². The van der Waals surface area contributed by atoms with Crippen molar-refractivity contribution in [2.75, 3.05) is 18.5 Å². The second-order valence-electron chi connectivity index (χ2n) is 6.89. The number of carbonyl (C=O) groups is 1. The van der Waals surface area contributed by atoms with Gasteiger partial charge in [-0.05, 0) is 12.1 Å². The number of aliphatic imine (C=N–C) groups is 1. The predicted octanol–water partition coefficient (Wildman–Crippen LogP) is -3.43. The van der Waals surface area contributed by atoms with Crippen molar-refractivity contribution < 1.29 is 29.4 Å². The van der Waals surface area contributed by atoms with E-state index < -0.39 is 35.7 Å². The van der Waals surface area contributed by atoms with Crippen LogP contribution in [0.25, 0.3) is 0 Å². The van der Waals surface area contributed by atoms with Gasteiger partial charge in [0.1, 0.15) is 12.6 Å². The van der Waals surface area contributed by atoms with E-state index in [1.807, 2.05) is 0 Å². The van der Waals surface area contributed by atoms with Gasteiger partial charge >= 0.3 is 12.1 Å². The molecule has 4 atom stereocenters. The summed E-state index contributed by atoms with van der Waals surface area (Å²) in [6, 6.07) is 6.95. The summed E-state index contributed by atoms with van der Waals surface area (Å²) in [5.41, 5.74) is 10.6. The fourth-order valence-corrected chi connectivity index (χ4v) is 4.04. The van der Waals surface area contributed by atoms with Gasteiger partial charge in [-0.3, -0.25) is 16.4 Å². The summed E-state index contributed by atoms with van der Waals surface area (Å²) in [5.74, 6) is -2.60. The number of hydrogen-bond donors (Lipinski definition) is 8. The number of aliphatic hydroxyl groups excluding tert-OH is 1.